The minimum Gasteiger partial charge on any atom is -0.114 e. The van der Waals surface area contributed by atoms with Gasteiger partial charge in [0.15, 0.2) is 0 Å². The second-order valence-corrected chi connectivity index (χ2v) is 40.1. The minimum absolute atomic E-state index is 0.0709. The monoisotopic (exact) mass is 570 g/mol. The molecular weight excluding hydrogens is 551 g/mol. The third-order valence-corrected chi connectivity index (χ3v) is 50.3. The molecule has 0 heterocycles. The lowest BCUT2D eigenvalue weighted by molar-refractivity contribution is 0.862. The minimum atomic E-state index is -0.179. The van der Waals surface area contributed by atoms with E-state index in [9.17, 15) is 0 Å². The van der Waals surface area contributed by atoms with Gasteiger partial charge >= 0.3 is 0 Å². The summed E-state index contributed by atoms with van der Waals surface area (Å²) in [4.78, 5) is 0. The van der Waals surface area contributed by atoms with Crippen LogP contribution in [0.1, 0.15) is 13.3 Å². The smallest absolute Gasteiger partial charge is 0.0829 e. The van der Waals surface area contributed by atoms with Crippen molar-refractivity contribution >= 4 is 141 Å². The van der Waals surface area contributed by atoms with Gasteiger partial charge < -0.3 is 0 Å². The number of hydrogen-bond donors (Lipinski definition) is 0. The topological polar surface area (TPSA) is 0 Å². The van der Waals surface area contributed by atoms with Crippen LogP contribution in [0.3, 0.4) is 0 Å². The van der Waals surface area contributed by atoms with Gasteiger partial charge in [0.2, 0.25) is 0 Å². The third-order valence-electron chi connectivity index (χ3n) is 2.20. The van der Waals surface area contributed by atoms with Gasteiger partial charge in [0.05, 0.1) is 4.08 Å². The molecular formula is C4H19P9S7. The largest absolute Gasteiger partial charge is 0.114 e. The van der Waals surface area contributed by atoms with Crippen LogP contribution in [0, 0.1) is 0 Å². The summed E-state index contributed by atoms with van der Waals surface area (Å²) in [6, 6.07) is 0. The van der Waals surface area contributed by atoms with Crippen LogP contribution in [0.4, 0.5) is 0 Å². The highest BCUT2D eigenvalue weighted by Gasteiger charge is 2.39. The summed E-state index contributed by atoms with van der Waals surface area (Å²) in [5.41, 5.74) is 0. The highest BCUT2D eigenvalue weighted by atomic mass is 33.4. The molecule has 0 fully saturated rings. The molecule has 0 aromatic heterocycles. The van der Waals surface area contributed by atoms with Crippen LogP contribution < -0.4 is 0 Å². The van der Waals surface area contributed by atoms with E-state index in [2.05, 4.69) is 51.6 Å². The molecule has 16 heteroatoms. The van der Waals surface area contributed by atoms with Crippen molar-refractivity contribution in [1.29, 1.82) is 0 Å². The molecule has 0 rings (SSSR count). The Morgan fingerprint density at radius 2 is 1.80 bits per heavy atom. The Bertz CT molecular complexity index is 463. The fourth-order valence-electron chi connectivity index (χ4n) is 1.35. The van der Waals surface area contributed by atoms with Crippen LogP contribution in [0.2, 0.25) is 0 Å². The molecule has 0 radical (unpaired) electrons. The fourth-order valence-corrected chi connectivity index (χ4v) is 61.1. The summed E-state index contributed by atoms with van der Waals surface area (Å²) in [6.45, 7) is 2.10. The maximum Gasteiger partial charge on any atom is 0.0829 e. The van der Waals surface area contributed by atoms with Crippen LogP contribution in [-0.4, -0.2) is 10.2 Å². The van der Waals surface area contributed by atoms with Gasteiger partial charge in [-0.1, -0.05) is 59.8 Å². The summed E-state index contributed by atoms with van der Waals surface area (Å²) in [5.74, 6) is 0. The molecule has 0 saturated carbocycles. The van der Waals surface area contributed by atoms with Crippen molar-refractivity contribution in [2.24, 2.45) is 0 Å². The van der Waals surface area contributed by atoms with Gasteiger partial charge in [-0.2, -0.15) is 0 Å². The first-order valence-electron chi connectivity index (χ1n) is 4.95. The molecule has 0 N–H and O–H groups in total. The van der Waals surface area contributed by atoms with Crippen molar-refractivity contribution < 1.29 is 0 Å². The van der Waals surface area contributed by atoms with Crippen molar-refractivity contribution in [1.82, 2.24) is 0 Å². The third kappa shape index (κ3) is 7.73. The molecule has 0 aliphatic carbocycles. The van der Waals surface area contributed by atoms with Crippen LogP contribution in [-0.2, 0) is 67.2 Å². The van der Waals surface area contributed by atoms with Gasteiger partial charge in [-0.05, 0) is 68.1 Å². The molecule has 0 spiro atoms. The highest BCUT2D eigenvalue weighted by Crippen LogP contribution is 2.74. The lowest BCUT2D eigenvalue weighted by atomic mass is 10.4. The van der Waals surface area contributed by atoms with E-state index in [1.165, 1.54) is 21.5 Å². The summed E-state index contributed by atoms with van der Waals surface area (Å²) in [5, 5.41) is 0. The molecule has 0 aromatic rings. The summed E-state index contributed by atoms with van der Waals surface area (Å²) in [6.07, 6.45) is 2.47. The predicted molar refractivity (Wildman–Crippen MR) is 148 cm³/mol. The zero-order valence-corrected chi connectivity index (χ0v) is 25.8. The average molecular weight is 570 g/mol. The normalized spacial score (nSPS) is 20.1. The second-order valence-electron chi connectivity index (χ2n) is 3.16. The zero-order valence-electron chi connectivity index (χ0n) is 10.6. The molecule has 0 bridgehead atoms. The van der Waals surface area contributed by atoms with Crippen molar-refractivity contribution in [3.63, 3.8) is 0 Å². The Hall–Kier alpha value is 5.67. The highest BCUT2D eigenvalue weighted by molar-refractivity contribution is 9.03. The van der Waals surface area contributed by atoms with Gasteiger partial charge in [0, 0.05) is 6.50 Å². The first kappa shape index (κ1) is 25.7. The van der Waals surface area contributed by atoms with Crippen LogP contribution in [0.5, 0.6) is 0 Å². The number of rotatable bonds is 8. The molecule has 0 saturated heterocycles. The van der Waals surface area contributed by atoms with Gasteiger partial charge in [-0.3, -0.25) is 0 Å². The molecule has 11 atom stereocenters. The standard InChI is InChI=1S/C4H19P9S7/c1-2-4(3-10-5,19(17-15)12(7)8)20(18-16-14)13(9)11-6/h10-11H,2-3,5-9H2,1H3. The van der Waals surface area contributed by atoms with Crippen LogP contribution in [0.15, 0.2) is 0 Å². The van der Waals surface area contributed by atoms with Crippen molar-refractivity contribution in [3.8, 4) is 0 Å². The van der Waals surface area contributed by atoms with Crippen molar-refractivity contribution in [2.75, 3.05) is 6.16 Å². The SMILES string of the molecule is CCC(CPP)(S(=S=S)P(P)P)S(=S=S=S)P(P)PP. The van der Waals surface area contributed by atoms with E-state index in [0.29, 0.717) is 4.08 Å². The first-order valence-corrected chi connectivity index (χ1v) is 28.7. The van der Waals surface area contributed by atoms with E-state index in [4.69, 9.17) is 22.4 Å². The quantitative estimate of drug-likeness (QED) is 0.366. The molecule has 0 aliphatic heterocycles. The van der Waals surface area contributed by atoms with Gasteiger partial charge in [0.25, 0.3) is 0 Å². The summed E-state index contributed by atoms with van der Waals surface area (Å²) in [7, 11) is 22.5. The van der Waals surface area contributed by atoms with Gasteiger partial charge in [-0.15, -0.1) is 26.1 Å². The van der Waals surface area contributed by atoms with E-state index >= 15 is 0 Å². The van der Waals surface area contributed by atoms with Crippen LogP contribution >= 0.6 is 73.9 Å². The Labute approximate surface area is 162 Å². The molecule has 0 amide bonds. The Kier molecular flexibility index (Phi) is 18.9. The molecule has 20 heavy (non-hydrogen) atoms. The van der Waals surface area contributed by atoms with E-state index in [1.54, 1.807) is 8.88 Å². The average Bonchev–Trinajstić information content (AvgIpc) is 2.43. The predicted octanol–water partition coefficient (Wildman–Crippen LogP) is 5.26. The second kappa shape index (κ2) is 14.7. The molecule has 0 nitrogen and oxygen atoms in total. The molecule has 0 aromatic carbocycles. The van der Waals surface area contributed by atoms with E-state index in [1.807, 2.05) is 8.88 Å². The maximum atomic E-state index is 5.48. The fraction of sp³-hybridized carbons (Fsp3) is 1.00. The lowest BCUT2D eigenvalue weighted by Gasteiger charge is -2.39. The molecule has 11 unspecified atom stereocenters. The Morgan fingerprint density at radius 1 is 1.20 bits per heavy atom. The molecule has 0 aliphatic rings. The van der Waals surface area contributed by atoms with E-state index in [0.717, 1.165) is 16.2 Å². The van der Waals surface area contributed by atoms with Crippen molar-refractivity contribution in [2.45, 2.75) is 17.4 Å². The van der Waals surface area contributed by atoms with Crippen LogP contribution in [0.25, 0.3) is 0 Å². The van der Waals surface area contributed by atoms with E-state index < -0.39 is 0 Å². The lowest BCUT2D eigenvalue weighted by Crippen LogP contribution is -2.37. The summed E-state index contributed by atoms with van der Waals surface area (Å²) < 4.78 is 0.343. The first-order chi connectivity index (χ1) is 9.44. The molecule has 122 valence electrons. The Balaban J connectivity index is 6.31. The van der Waals surface area contributed by atoms with Gasteiger partial charge in [-0.25, -0.2) is 0 Å². The Morgan fingerprint density at radius 3 is 2.10 bits per heavy atom. The summed E-state index contributed by atoms with van der Waals surface area (Å²) >= 11 is 10.7. The zero-order chi connectivity index (χ0) is 15.8. The number of hydrogen-bond acceptors (Lipinski definition) is 2. The maximum absolute atomic E-state index is 5.48. The van der Waals surface area contributed by atoms with Gasteiger partial charge in [0.1, 0.15) is 0 Å². The van der Waals surface area contributed by atoms with Crippen molar-refractivity contribution in [3.05, 3.63) is 0 Å². The van der Waals surface area contributed by atoms with E-state index in [-0.39, 0.29) is 31.1 Å².